The molecule has 0 amide bonds. The first kappa shape index (κ1) is 38.2. The molecule has 1 aliphatic carbocycles. The van der Waals surface area contributed by atoms with Crippen molar-refractivity contribution in [1.29, 1.82) is 0 Å². The standard InChI is InChI=1S/C63H40N2S/c1-4-17-43(18-5-1)62-64-57(44-35-38-60-54(39-44)52-25-13-15-30-59(52)66-60)40-58(65-62)51-37-36-47(49-23-10-11-24-50(49)51)41-31-33-42(34-32-41)48-27-16-29-56-61(48)53-26-12-14-28-55(53)63(56,45-19-6-2-7-20-45)46-21-8-3-9-22-46/h1-40H. The summed E-state index contributed by atoms with van der Waals surface area (Å²) in [7, 11) is 0. The molecule has 2 nitrogen and oxygen atoms in total. The van der Waals surface area contributed by atoms with E-state index in [1.807, 2.05) is 17.4 Å². The Kier molecular flexibility index (Phi) is 8.97. The molecule has 0 spiro atoms. The lowest BCUT2D eigenvalue weighted by atomic mass is 9.67. The van der Waals surface area contributed by atoms with Gasteiger partial charge in [-0.25, -0.2) is 9.97 Å². The van der Waals surface area contributed by atoms with Crippen LogP contribution >= 0.6 is 11.3 Å². The van der Waals surface area contributed by atoms with Crippen LogP contribution in [0.1, 0.15) is 22.3 Å². The molecule has 12 aromatic rings. The van der Waals surface area contributed by atoms with Crippen molar-refractivity contribution in [3.8, 4) is 67.3 Å². The third-order valence-electron chi connectivity index (χ3n) is 13.6. The Morgan fingerprint density at radius 1 is 0.303 bits per heavy atom. The zero-order valence-electron chi connectivity index (χ0n) is 35.9. The SMILES string of the molecule is c1ccc(-c2nc(-c3ccc4sc5ccccc5c4c3)cc(-c3ccc(-c4ccc(-c5cccc6c5-c5ccccc5C6(c5ccccc5)c5ccccc5)cc4)c4ccccc34)n2)cc1. The molecule has 0 atom stereocenters. The summed E-state index contributed by atoms with van der Waals surface area (Å²) in [4.78, 5) is 10.5. The van der Waals surface area contributed by atoms with Crippen LogP contribution in [0, 0.1) is 0 Å². The summed E-state index contributed by atoms with van der Waals surface area (Å²) in [5, 5.41) is 4.86. The maximum atomic E-state index is 5.28. The number of fused-ring (bicyclic) bond motifs is 7. The quantitative estimate of drug-likeness (QED) is 0.160. The lowest BCUT2D eigenvalue weighted by molar-refractivity contribution is 0.768. The van der Waals surface area contributed by atoms with Crippen molar-refractivity contribution in [2.24, 2.45) is 0 Å². The van der Waals surface area contributed by atoms with E-state index in [1.165, 1.54) is 81.2 Å². The van der Waals surface area contributed by atoms with E-state index in [9.17, 15) is 0 Å². The molecule has 0 unspecified atom stereocenters. The molecule has 13 rings (SSSR count). The highest BCUT2D eigenvalue weighted by Gasteiger charge is 2.46. The second-order valence-corrected chi connectivity index (χ2v) is 18.3. The van der Waals surface area contributed by atoms with E-state index in [0.29, 0.717) is 5.82 Å². The summed E-state index contributed by atoms with van der Waals surface area (Å²) in [5.41, 5.74) is 17.0. The van der Waals surface area contributed by atoms with Crippen molar-refractivity contribution in [2.45, 2.75) is 5.41 Å². The highest BCUT2D eigenvalue weighted by atomic mass is 32.1. The van der Waals surface area contributed by atoms with Gasteiger partial charge in [0.15, 0.2) is 5.82 Å². The Morgan fingerprint density at radius 2 is 0.833 bits per heavy atom. The van der Waals surface area contributed by atoms with Gasteiger partial charge in [0.1, 0.15) is 0 Å². The van der Waals surface area contributed by atoms with Gasteiger partial charge in [0.25, 0.3) is 0 Å². The predicted octanol–water partition coefficient (Wildman–Crippen LogP) is 16.7. The Balaban J connectivity index is 0.924. The van der Waals surface area contributed by atoms with E-state index in [1.54, 1.807) is 0 Å². The van der Waals surface area contributed by atoms with Crippen LogP contribution in [0.3, 0.4) is 0 Å². The molecule has 0 radical (unpaired) electrons. The molecule has 0 aliphatic heterocycles. The second kappa shape index (κ2) is 15.5. The Labute approximate surface area is 387 Å². The van der Waals surface area contributed by atoms with Crippen molar-refractivity contribution in [2.75, 3.05) is 0 Å². The largest absolute Gasteiger partial charge is 0.228 e. The monoisotopic (exact) mass is 856 g/mol. The average molecular weight is 857 g/mol. The van der Waals surface area contributed by atoms with E-state index in [-0.39, 0.29) is 0 Å². The number of hydrogen-bond donors (Lipinski definition) is 0. The smallest absolute Gasteiger partial charge is 0.160 e. The Morgan fingerprint density at radius 3 is 1.58 bits per heavy atom. The van der Waals surface area contributed by atoms with E-state index in [2.05, 4.69) is 237 Å². The number of thiophene rings is 1. The van der Waals surface area contributed by atoms with E-state index in [4.69, 9.17) is 9.97 Å². The van der Waals surface area contributed by atoms with Crippen LogP contribution in [0.2, 0.25) is 0 Å². The molecule has 0 N–H and O–H groups in total. The van der Waals surface area contributed by atoms with Crippen LogP contribution in [0.5, 0.6) is 0 Å². The second-order valence-electron chi connectivity index (χ2n) is 17.2. The molecule has 0 saturated carbocycles. The van der Waals surface area contributed by atoms with E-state index < -0.39 is 5.41 Å². The predicted molar refractivity (Wildman–Crippen MR) is 277 cm³/mol. The molecule has 0 bridgehead atoms. The van der Waals surface area contributed by atoms with Gasteiger partial charge in [-0.3, -0.25) is 0 Å². The number of aromatic nitrogens is 2. The molecule has 0 saturated heterocycles. The zero-order valence-corrected chi connectivity index (χ0v) is 36.7. The van der Waals surface area contributed by atoms with Crippen LogP contribution in [0.4, 0.5) is 0 Å². The first-order valence-electron chi connectivity index (χ1n) is 22.6. The van der Waals surface area contributed by atoms with Gasteiger partial charge in [0.05, 0.1) is 16.8 Å². The van der Waals surface area contributed by atoms with Gasteiger partial charge >= 0.3 is 0 Å². The fourth-order valence-corrected chi connectivity index (χ4v) is 11.8. The van der Waals surface area contributed by atoms with Crippen molar-refractivity contribution in [1.82, 2.24) is 9.97 Å². The number of hydrogen-bond acceptors (Lipinski definition) is 3. The van der Waals surface area contributed by atoms with Gasteiger partial charge in [0, 0.05) is 36.9 Å². The highest BCUT2D eigenvalue weighted by Crippen LogP contribution is 2.58. The van der Waals surface area contributed by atoms with E-state index >= 15 is 0 Å². The van der Waals surface area contributed by atoms with Crippen LogP contribution in [-0.2, 0) is 5.41 Å². The van der Waals surface area contributed by atoms with Crippen LogP contribution in [0.15, 0.2) is 243 Å². The number of rotatable bonds is 7. The molecule has 308 valence electrons. The normalized spacial score (nSPS) is 12.7. The van der Waals surface area contributed by atoms with Crippen LogP contribution in [0.25, 0.3) is 98.2 Å². The van der Waals surface area contributed by atoms with Gasteiger partial charge in [-0.05, 0) is 90.7 Å². The number of nitrogens with zero attached hydrogens (tertiary/aromatic N) is 2. The Bertz CT molecular complexity index is 3760. The van der Waals surface area contributed by atoms with Crippen molar-refractivity contribution < 1.29 is 0 Å². The highest BCUT2D eigenvalue weighted by molar-refractivity contribution is 7.25. The molecular weight excluding hydrogens is 817 g/mol. The number of benzene rings is 10. The summed E-state index contributed by atoms with van der Waals surface area (Å²) in [6.45, 7) is 0. The minimum Gasteiger partial charge on any atom is -0.228 e. The van der Waals surface area contributed by atoms with Gasteiger partial charge < -0.3 is 0 Å². The average Bonchev–Trinajstić information content (AvgIpc) is 3.93. The fourth-order valence-electron chi connectivity index (χ4n) is 10.7. The first-order valence-corrected chi connectivity index (χ1v) is 23.4. The molecular formula is C63H40N2S. The van der Waals surface area contributed by atoms with Crippen molar-refractivity contribution in [3.05, 3.63) is 265 Å². The van der Waals surface area contributed by atoms with Gasteiger partial charge in [0.2, 0.25) is 0 Å². The maximum Gasteiger partial charge on any atom is 0.160 e. The fraction of sp³-hybridized carbons (Fsp3) is 0.0159. The summed E-state index contributed by atoms with van der Waals surface area (Å²) >= 11 is 1.83. The van der Waals surface area contributed by atoms with Gasteiger partial charge in [-0.1, -0.05) is 218 Å². The van der Waals surface area contributed by atoms with Crippen molar-refractivity contribution >= 4 is 42.3 Å². The lowest BCUT2D eigenvalue weighted by Crippen LogP contribution is -2.28. The first-order chi connectivity index (χ1) is 32.7. The summed E-state index contributed by atoms with van der Waals surface area (Å²) in [5.74, 6) is 0.710. The van der Waals surface area contributed by atoms with Gasteiger partial charge in [-0.2, -0.15) is 0 Å². The molecule has 0 fully saturated rings. The topological polar surface area (TPSA) is 25.8 Å². The summed E-state index contributed by atoms with van der Waals surface area (Å²) in [6.07, 6.45) is 0. The molecule has 1 aliphatic rings. The minimum atomic E-state index is -0.441. The van der Waals surface area contributed by atoms with Crippen molar-refractivity contribution in [3.63, 3.8) is 0 Å². The third-order valence-corrected chi connectivity index (χ3v) is 14.8. The molecule has 10 aromatic carbocycles. The summed E-state index contributed by atoms with van der Waals surface area (Å²) in [6, 6.07) is 88.2. The molecule has 3 heteroatoms. The minimum absolute atomic E-state index is 0.441. The van der Waals surface area contributed by atoms with Crippen LogP contribution < -0.4 is 0 Å². The van der Waals surface area contributed by atoms with Gasteiger partial charge in [-0.15, -0.1) is 11.3 Å². The third kappa shape index (κ3) is 6.01. The van der Waals surface area contributed by atoms with Crippen LogP contribution in [-0.4, -0.2) is 9.97 Å². The molecule has 66 heavy (non-hydrogen) atoms. The zero-order chi connectivity index (χ0) is 43.6. The lowest BCUT2D eigenvalue weighted by Gasteiger charge is -2.34. The maximum absolute atomic E-state index is 5.28. The molecule has 2 aromatic heterocycles. The summed E-state index contributed by atoms with van der Waals surface area (Å²) < 4.78 is 2.57. The van der Waals surface area contributed by atoms with E-state index in [0.717, 1.165) is 33.5 Å². The molecule has 2 heterocycles. The Hall–Kier alpha value is -8.24.